The van der Waals surface area contributed by atoms with E-state index in [9.17, 15) is 0 Å². The van der Waals surface area contributed by atoms with Crippen LogP contribution in [0.5, 0.6) is 0 Å². The number of anilines is 1. The third-order valence-electron chi connectivity index (χ3n) is 2.31. The summed E-state index contributed by atoms with van der Waals surface area (Å²) in [7, 11) is 0. The molecule has 0 aliphatic rings. The van der Waals surface area contributed by atoms with Crippen molar-refractivity contribution in [3.63, 3.8) is 0 Å². The first-order valence-electron chi connectivity index (χ1n) is 5.34. The van der Waals surface area contributed by atoms with Crippen molar-refractivity contribution in [3.8, 4) is 0 Å². The molecule has 2 rings (SSSR count). The average molecular weight is 359 g/mol. The first kappa shape index (κ1) is 12.8. The monoisotopic (exact) mass is 359 g/mol. The molecule has 0 aliphatic heterocycles. The number of rotatable bonds is 5. The summed E-state index contributed by atoms with van der Waals surface area (Å²) in [5, 5.41) is 3.34. The number of nitrogens with one attached hydrogen (secondary N) is 1. The summed E-state index contributed by atoms with van der Waals surface area (Å²) >= 11 is 4.07. The fourth-order valence-electron chi connectivity index (χ4n) is 1.49. The van der Waals surface area contributed by atoms with Crippen LogP contribution in [-0.2, 0) is 12.3 Å². The van der Waals surface area contributed by atoms with E-state index in [1.807, 2.05) is 12.1 Å². The second-order valence-electron chi connectivity index (χ2n) is 3.66. The van der Waals surface area contributed by atoms with E-state index in [2.05, 4.69) is 58.4 Å². The quantitative estimate of drug-likeness (QED) is 0.804. The van der Waals surface area contributed by atoms with Gasteiger partial charge in [-0.2, -0.15) is 11.8 Å². The molecule has 0 bridgehead atoms. The van der Waals surface area contributed by atoms with E-state index in [1.165, 1.54) is 3.57 Å². The summed E-state index contributed by atoms with van der Waals surface area (Å²) in [6, 6.07) is 12.4. The van der Waals surface area contributed by atoms with Crippen LogP contribution in [0.15, 0.2) is 40.8 Å². The molecule has 0 aliphatic carbocycles. The van der Waals surface area contributed by atoms with Crippen molar-refractivity contribution in [2.75, 3.05) is 11.6 Å². The minimum absolute atomic E-state index is 0.731. The first-order chi connectivity index (χ1) is 8.28. The smallest absolute Gasteiger partial charge is 0.123 e. The van der Waals surface area contributed by atoms with E-state index >= 15 is 0 Å². The molecule has 0 amide bonds. The Morgan fingerprint density at radius 3 is 2.53 bits per heavy atom. The van der Waals surface area contributed by atoms with Crippen LogP contribution < -0.4 is 5.32 Å². The maximum Gasteiger partial charge on any atom is 0.123 e. The van der Waals surface area contributed by atoms with Crippen LogP contribution in [0.25, 0.3) is 0 Å². The Balaban J connectivity index is 1.90. The van der Waals surface area contributed by atoms with Gasteiger partial charge in [-0.05, 0) is 65.2 Å². The van der Waals surface area contributed by atoms with Gasteiger partial charge in [0.05, 0.1) is 12.3 Å². The van der Waals surface area contributed by atoms with Gasteiger partial charge in [0, 0.05) is 9.26 Å². The fraction of sp³-hybridized carbons (Fsp3) is 0.231. The Bertz CT molecular complexity index is 467. The molecule has 0 unspecified atom stereocenters. The van der Waals surface area contributed by atoms with Crippen molar-refractivity contribution < 1.29 is 4.42 Å². The van der Waals surface area contributed by atoms with Gasteiger partial charge in [-0.3, -0.25) is 0 Å². The highest BCUT2D eigenvalue weighted by molar-refractivity contribution is 14.1. The Morgan fingerprint density at radius 2 is 1.82 bits per heavy atom. The van der Waals surface area contributed by atoms with Crippen molar-refractivity contribution >= 4 is 40.0 Å². The van der Waals surface area contributed by atoms with Crippen LogP contribution in [0, 0.1) is 3.57 Å². The third-order valence-corrected chi connectivity index (χ3v) is 3.61. The largest absolute Gasteiger partial charge is 0.463 e. The fourth-order valence-corrected chi connectivity index (χ4v) is 2.29. The predicted octanol–water partition coefficient (Wildman–Crippen LogP) is 4.36. The Morgan fingerprint density at radius 1 is 1.12 bits per heavy atom. The number of hydrogen-bond donors (Lipinski definition) is 1. The highest BCUT2D eigenvalue weighted by Gasteiger charge is 2.01. The molecule has 1 aromatic heterocycles. The highest BCUT2D eigenvalue weighted by Crippen LogP contribution is 2.16. The van der Waals surface area contributed by atoms with Gasteiger partial charge in [0.15, 0.2) is 0 Å². The Hall–Kier alpha value is -0.620. The van der Waals surface area contributed by atoms with Crippen LogP contribution in [0.4, 0.5) is 5.69 Å². The summed E-state index contributed by atoms with van der Waals surface area (Å²) in [6.07, 6.45) is 2.08. The van der Waals surface area contributed by atoms with Crippen molar-refractivity contribution in [2.24, 2.45) is 0 Å². The van der Waals surface area contributed by atoms with Crippen LogP contribution in [0.1, 0.15) is 11.5 Å². The molecule has 0 saturated carbocycles. The highest BCUT2D eigenvalue weighted by atomic mass is 127. The van der Waals surface area contributed by atoms with Gasteiger partial charge < -0.3 is 9.73 Å². The molecule has 90 valence electrons. The molecule has 0 spiro atoms. The standard InChI is InChI=1S/C13H14INOS/c1-17-9-13-7-6-12(16-13)8-15-11-4-2-10(14)3-5-11/h2-7,15H,8-9H2,1H3. The topological polar surface area (TPSA) is 25.2 Å². The van der Waals surface area contributed by atoms with E-state index in [1.54, 1.807) is 11.8 Å². The number of hydrogen-bond acceptors (Lipinski definition) is 3. The number of furan rings is 1. The van der Waals surface area contributed by atoms with Gasteiger partial charge in [-0.15, -0.1) is 0 Å². The van der Waals surface area contributed by atoms with E-state index in [4.69, 9.17) is 4.42 Å². The molecular formula is C13H14INOS. The molecule has 2 nitrogen and oxygen atoms in total. The van der Waals surface area contributed by atoms with Crippen molar-refractivity contribution in [1.29, 1.82) is 0 Å². The van der Waals surface area contributed by atoms with Gasteiger partial charge in [0.1, 0.15) is 11.5 Å². The zero-order valence-electron chi connectivity index (χ0n) is 9.57. The maximum absolute atomic E-state index is 5.68. The van der Waals surface area contributed by atoms with Crippen molar-refractivity contribution in [3.05, 3.63) is 51.5 Å². The van der Waals surface area contributed by atoms with E-state index in [-0.39, 0.29) is 0 Å². The lowest BCUT2D eigenvalue weighted by Crippen LogP contribution is -1.97. The molecular weight excluding hydrogens is 345 g/mol. The van der Waals surface area contributed by atoms with Gasteiger partial charge >= 0.3 is 0 Å². The SMILES string of the molecule is CSCc1ccc(CNc2ccc(I)cc2)o1. The summed E-state index contributed by atoms with van der Waals surface area (Å²) in [4.78, 5) is 0. The van der Waals surface area contributed by atoms with Crippen molar-refractivity contribution in [2.45, 2.75) is 12.3 Å². The molecule has 0 fully saturated rings. The molecule has 1 aromatic carbocycles. The first-order valence-corrected chi connectivity index (χ1v) is 7.81. The molecule has 0 radical (unpaired) electrons. The van der Waals surface area contributed by atoms with Gasteiger partial charge in [-0.1, -0.05) is 0 Å². The summed E-state index contributed by atoms with van der Waals surface area (Å²) in [6.45, 7) is 0.731. The maximum atomic E-state index is 5.68. The Labute approximate surface area is 119 Å². The van der Waals surface area contributed by atoms with E-state index < -0.39 is 0 Å². The van der Waals surface area contributed by atoms with Crippen molar-refractivity contribution in [1.82, 2.24) is 0 Å². The minimum atomic E-state index is 0.731. The van der Waals surface area contributed by atoms with Gasteiger partial charge in [0.2, 0.25) is 0 Å². The molecule has 1 N–H and O–H groups in total. The number of thioether (sulfide) groups is 1. The molecule has 0 saturated heterocycles. The van der Waals surface area contributed by atoms with Crippen LogP contribution >= 0.6 is 34.4 Å². The number of halogens is 1. The summed E-state index contributed by atoms with van der Waals surface area (Å²) in [5.41, 5.74) is 1.12. The van der Waals surface area contributed by atoms with Crippen LogP contribution in [-0.4, -0.2) is 6.26 Å². The zero-order chi connectivity index (χ0) is 12.1. The lowest BCUT2D eigenvalue weighted by molar-refractivity contribution is 0.487. The second kappa shape index (κ2) is 6.35. The normalized spacial score (nSPS) is 10.5. The summed E-state index contributed by atoms with van der Waals surface area (Å²) < 4.78 is 6.93. The average Bonchev–Trinajstić information content (AvgIpc) is 2.77. The molecule has 1 heterocycles. The second-order valence-corrected chi connectivity index (χ2v) is 5.77. The van der Waals surface area contributed by atoms with E-state index in [0.717, 1.165) is 29.5 Å². The summed E-state index contributed by atoms with van der Waals surface area (Å²) in [5.74, 6) is 2.95. The Kier molecular flexibility index (Phi) is 4.79. The third kappa shape index (κ3) is 3.96. The van der Waals surface area contributed by atoms with Gasteiger partial charge in [0.25, 0.3) is 0 Å². The molecule has 0 atom stereocenters. The molecule has 4 heteroatoms. The molecule has 2 aromatic rings. The predicted molar refractivity (Wildman–Crippen MR) is 82.4 cm³/mol. The lowest BCUT2D eigenvalue weighted by Gasteiger charge is -2.04. The molecule has 17 heavy (non-hydrogen) atoms. The zero-order valence-corrected chi connectivity index (χ0v) is 12.5. The number of benzene rings is 1. The van der Waals surface area contributed by atoms with Crippen LogP contribution in [0.2, 0.25) is 0 Å². The van der Waals surface area contributed by atoms with Gasteiger partial charge in [-0.25, -0.2) is 0 Å². The minimum Gasteiger partial charge on any atom is -0.463 e. The lowest BCUT2D eigenvalue weighted by atomic mass is 10.3. The van der Waals surface area contributed by atoms with E-state index in [0.29, 0.717) is 0 Å². The van der Waals surface area contributed by atoms with Crippen LogP contribution in [0.3, 0.4) is 0 Å².